The van der Waals surface area contributed by atoms with Gasteiger partial charge in [-0.05, 0) is 37.4 Å². The summed E-state index contributed by atoms with van der Waals surface area (Å²) in [7, 11) is 2.03. The third-order valence-electron chi connectivity index (χ3n) is 5.87. The Bertz CT molecular complexity index is 1400. The highest BCUT2D eigenvalue weighted by Gasteiger charge is 2.30. The van der Waals surface area contributed by atoms with E-state index in [0.717, 1.165) is 25.2 Å². The Labute approximate surface area is 204 Å². The summed E-state index contributed by atoms with van der Waals surface area (Å²) in [5.74, 6) is 1.13. The van der Waals surface area contributed by atoms with E-state index in [2.05, 4.69) is 35.5 Å². The fourth-order valence-electron chi connectivity index (χ4n) is 3.90. The molecule has 0 bridgehead atoms. The van der Waals surface area contributed by atoms with Gasteiger partial charge >= 0.3 is 6.18 Å². The van der Waals surface area contributed by atoms with Crippen LogP contribution in [0.2, 0.25) is 0 Å². The summed E-state index contributed by atoms with van der Waals surface area (Å²) in [5.41, 5.74) is 1.21. The Morgan fingerprint density at radius 1 is 1.00 bits per heavy atom. The number of benzene rings is 1. The average molecular weight is 496 g/mol. The number of fused-ring (bicyclic) bond motifs is 1. The summed E-state index contributed by atoms with van der Waals surface area (Å²) in [6, 6.07) is 9.86. The number of nitrogens with one attached hydrogen (secondary N) is 3. The Hall–Kier alpha value is -4.19. The quantitative estimate of drug-likeness (QED) is 0.380. The molecular formula is C24H23F3N8O. The number of aromatic nitrogens is 4. The van der Waals surface area contributed by atoms with Crippen LogP contribution in [0.25, 0.3) is 11.0 Å². The van der Waals surface area contributed by atoms with E-state index in [1.165, 1.54) is 18.3 Å². The number of carbonyl (C=O) groups excluding carboxylic acids is 1. The van der Waals surface area contributed by atoms with Gasteiger partial charge in [0.1, 0.15) is 11.6 Å². The summed E-state index contributed by atoms with van der Waals surface area (Å²) >= 11 is 0. The molecule has 4 heterocycles. The number of likely N-dealkylation sites (N-methyl/N-ethyl adjacent to an activating group) is 1. The smallest absolute Gasteiger partial charge is 0.340 e. The number of aromatic amines is 1. The average Bonchev–Trinajstić information content (AvgIpc) is 3.25. The minimum absolute atomic E-state index is 0.0485. The molecule has 0 atom stereocenters. The fourth-order valence-corrected chi connectivity index (χ4v) is 3.90. The molecule has 9 nitrogen and oxygen atoms in total. The normalized spacial score (nSPS) is 14.7. The van der Waals surface area contributed by atoms with Crippen LogP contribution in [0, 0.1) is 0 Å². The van der Waals surface area contributed by atoms with E-state index < -0.39 is 11.7 Å². The Morgan fingerprint density at radius 2 is 1.78 bits per heavy atom. The molecule has 0 unspecified atom stereocenters. The summed E-state index contributed by atoms with van der Waals surface area (Å²) < 4.78 is 38.9. The zero-order valence-electron chi connectivity index (χ0n) is 19.3. The van der Waals surface area contributed by atoms with Gasteiger partial charge in [0.2, 0.25) is 5.95 Å². The fraction of sp³-hybridized carbons (Fsp3) is 0.250. The number of alkyl halides is 3. The first-order chi connectivity index (χ1) is 17.2. The molecule has 0 radical (unpaired) electrons. The molecule has 5 rings (SSSR count). The molecular weight excluding hydrogens is 473 g/mol. The van der Waals surface area contributed by atoms with Crippen molar-refractivity contribution >= 4 is 40.2 Å². The van der Waals surface area contributed by atoms with Gasteiger partial charge in [0.05, 0.1) is 22.8 Å². The molecule has 1 aliphatic rings. The van der Waals surface area contributed by atoms with Crippen molar-refractivity contribution in [3.8, 4) is 0 Å². The van der Waals surface area contributed by atoms with Gasteiger partial charge in [-0.1, -0.05) is 6.07 Å². The van der Waals surface area contributed by atoms with Crippen molar-refractivity contribution in [1.82, 2.24) is 29.7 Å². The second-order valence-corrected chi connectivity index (χ2v) is 8.53. The maximum Gasteiger partial charge on any atom is 0.416 e. The van der Waals surface area contributed by atoms with E-state index in [1.807, 2.05) is 11.9 Å². The second kappa shape index (κ2) is 9.46. The number of nitrogens with zero attached hydrogens (tertiary/aromatic N) is 5. The largest absolute Gasteiger partial charge is 0.416 e. The van der Waals surface area contributed by atoms with Crippen molar-refractivity contribution in [1.29, 1.82) is 0 Å². The third-order valence-corrected chi connectivity index (χ3v) is 5.87. The van der Waals surface area contributed by atoms with E-state index in [9.17, 15) is 18.0 Å². The van der Waals surface area contributed by atoms with Crippen LogP contribution in [-0.4, -0.2) is 68.9 Å². The first-order valence-electron chi connectivity index (χ1n) is 11.3. The topological polar surface area (TPSA) is 102 Å². The van der Waals surface area contributed by atoms with E-state index in [4.69, 9.17) is 0 Å². The van der Waals surface area contributed by atoms with E-state index in [0.29, 0.717) is 47.3 Å². The zero-order valence-corrected chi connectivity index (χ0v) is 19.3. The molecule has 12 heteroatoms. The highest BCUT2D eigenvalue weighted by atomic mass is 19.4. The minimum atomic E-state index is -4.43. The van der Waals surface area contributed by atoms with Gasteiger partial charge < -0.3 is 25.4 Å². The van der Waals surface area contributed by atoms with Crippen LogP contribution in [0.15, 0.2) is 54.9 Å². The lowest BCUT2D eigenvalue weighted by molar-refractivity contribution is -0.137. The molecule has 0 aliphatic carbocycles. The molecule has 4 aromatic rings. The van der Waals surface area contributed by atoms with Crippen LogP contribution >= 0.6 is 0 Å². The number of halogens is 3. The number of carbonyl (C=O) groups is 1. The number of imidazole rings is 1. The lowest BCUT2D eigenvalue weighted by Gasteiger charge is -2.32. The Kier molecular flexibility index (Phi) is 6.18. The van der Waals surface area contributed by atoms with Crippen LogP contribution < -0.4 is 10.6 Å². The Morgan fingerprint density at radius 3 is 2.56 bits per heavy atom. The SMILES string of the molecule is CN1CCN(C(=O)c2ccnc(Nc3nc4cc(Nc5cccc(C(F)(F)F)c5)ncc4[nH]3)c2)CC1. The van der Waals surface area contributed by atoms with Gasteiger partial charge in [-0.2, -0.15) is 13.2 Å². The van der Waals surface area contributed by atoms with Crippen molar-refractivity contribution in [3.63, 3.8) is 0 Å². The maximum absolute atomic E-state index is 13.0. The summed E-state index contributed by atoms with van der Waals surface area (Å²) in [5, 5.41) is 5.94. The van der Waals surface area contributed by atoms with Crippen LogP contribution in [0.4, 0.5) is 36.4 Å². The number of rotatable bonds is 5. The van der Waals surface area contributed by atoms with Crippen molar-refractivity contribution < 1.29 is 18.0 Å². The van der Waals surface area contributed by atoms with Gasteiger partial charge in [-0.25, -0.2) is 15.0 Å². The van der Waals surface area contributed by atoms with Crippen molar-refractivity contribution in [2.45, 2.75) is 6.18 Å². The van der Waals surface area contributed by atoms with Crippen LogP contribution in [0.1, 0.15) is 15.9 Å². The second-order valence-electron chi connectivity index (χ2n) is 8.53. The maximum atomic E-state index is 13.0. The number of piperazine rings is 1. The molecule has 1 aliphatic heterocycles. The van der Waals surface area contributed by atoms with Gasteiger partial charge in [-0.3, -0.25) is 4.79 Å². The number of hydrogen-bond donors (Lipinski definition) is 3. The molecule has 3 aromatic heterocycles. The lowest BCUT2D eigenvalue weighted by atomic mass is 10.2. The molecule has 1 saturated heterocycles. The first kappa shape index (κ1) is 23.5. The standard InChI is InChI=1S/C24H23F3N8O/c1-34-7-9-35(10-8-34)22(36)15-5-6-28-20(11-15)33-23-31-18-13-21(29-14-19(18)32-23)30-17-4-2-3-16(12-17)24(25,26)27/h2-6,11-14H,7-10H2,1H3,(H,29,30)(H2,28,31,32,33). The molecule has 0 spiro atoms. The van der Waals surface area contributed by atoms with Gasteiger partial charge in [0, 0.05) is 49.7 Å². The molecule has 1 fully saturated rings. The minimum Gasteiger partial charge on any atom is -0.340 e. The highest BCUT2D eigenvalue weighted by molar-refractivity contribution is 5.95. The van der Waals surface area contributed by atoms with Crippen LogP contribution in [0.5, 0.6) is 0 Å². The molecule has 1 aromatic carbocycles. The first-order valence-corrected chi connectivity index (χ1v) is 11.3. The van der Waals surface area contributed by atoms with Gasteiger partial charge in [0.25, 0.3) is 5.91 Å². The van der Waals surface area contributed by atoms with E-state index in [-0.39, 0.29) is 11.6 Å². The molecule has 1 amide bonds. The van der Waals surface area contributed by atoms with Crippen LogP contribution in [0.3, 0.4) is 0 Å². The summed E-state index contributed by atoms with van der Waals surface area (Å²) in [6.07, 6.45) is -1.34. The molecule has 36 heavy (non-hydrogen) atoms. The molecule has 0 saturated carbocycles. The number of pyridine rings is 2. The number of hydrogen-bond acceptors (Lipinski definition) is 7. The number of H-pyrrole nitrogens is 1. The van der Waals surface area contributed by atoms with E-state index >= 15 is 0 Å². The number of anilines is 4. The summed E-state index contributed by atoms with van der Waals surface area (Å²) in [4.78, 5) is 32.9. The van der Waals surface area contributed by atoms with Crippen molar-refractivity contribution in [3.05, 3.63) is 66.0 Å². The predicted octanol–water partition coefficient (Wildman–Crippen LogP) is 4.25. The van der Waals surface area contributed by atoms with Crippen LogP contribution in [-0.2, 0) is 6.18 Å². The van der Waals surface area contributed by atoms with Gasteiger partial charge in [-0.15, -0.1) is 0 Å². The lowest BCUT2D eigenvalue weighted by Crippen LogP contribution is -2.47. The number of amides is 1. The monoisotopic (exact) mass is 496 g/mol. The molecule has 3 N–H and O–H groups in total. The van der Waals surface area contributed by atoms with Gasteiger partial charge in [0.15, 0.2) is 0 Å². The zero-order chi connectivity index (χ0) is 25.3. The van der Waals surface area contributed by atoms with Crippen molar-refractivity contribution in [2.24, 2.45) is 0 Å². The summed E-state index contributed by atoms with van der Waals surface area (Å²) in [6.45, 7) is 3.01. The predicted molar refractivity (Wildman–Crippen MR) is 130 cm³/mol. The van der Waals surface area contributed by atoms with Crippen molar-refractivity contribution in [2.75, 3.05) is 43.9 Å². The Balaban J connectivity index is 1.30. The van der Waals surface area contributed by atoms with E-state index in [1.54, 1.807) is 24.4 Å². The molecule has 186 valence electrons. The highest BCUT2D eigenvalue weighted by Crippen LogP contribution is 2.31. The third kappa shape index (κ3) is 5.23.